The van der Waals surface area contributed by atoms with Crippen molar-refractivity contribution < 1.29 is 14.0 Å². The number of amides is 1. The van der Waals surface area contributed by atoms with Crippen LogP contribution in [0.1, 0.15) is 60.8 Å². The summed E-state index contributed by atoms with van der Waals surface area (Å²) in [6, 6.07) is 0. The van der Waals surface area contributed by atoms with E-state index < -0.39 is 13.9 Å². The van der Waals surface area contributed by atoms with E-state index in [1.54, 1.807) is 0 Å². The standard InChI is InChI=1S/C20H42N2O3Si/c1-19(2,3)25-18(23)22(15-11-14-21-12-9-10-13-21)16-17-24-26(7,8)20(4,5)6/h9-17H2,1-8H3/q-1. The van der Waals surface area contributed by atoms with Gasteiger partial charge in [-0.25, -0.2) is 4.79 Å². The van der Waals surface area contributed by atoms with E-state index in [1.807, 2.05) is 25.7 Å². The molecular formula is C20H42N2O3Si-. The van der Waals surface area contributed by atoms with Crippen LogP contribution in [0.15, 0.2) is 0 Å². The molecule has 155 valence electrons. The third kappa shape index (κ3) is 8.40. The number of carbonyl (C=O) groups is 1. The first-order chi connectivity index (χ1) is 11.8. The van der Waals surface area contributed by atoms with E-state index in [0.29, 0.717) is 13.2 Å². The summed E-state index contributed by atoms with van der Waals surface area (Å²) in [7, 11) is -1.79. The Labute approximate surface area is 162 Å². The lowest BCUT2D eigenvalue weighted by atomic mass is 10.2. The topological polar surface area (TPSA) is 42.0 Å². The lowest BCUT2D eigenvalue weighted by molar-refractivity contribution is 0.0216. The molecule has 0 aliphatic carbocycles. The predicted octanol–water partition coefficient (Wildman–Crippen LogP) is 4.73. The fourth-order valence-electron chi connectivity index (χ4n) is 2.74. The molecule has 1 fully saturated rings. The highest BCUT2D eigenvalue weighted by atomic mass is 28.4. The fourth-order valence-corrected chi connectivity index (χ4v) is 3.77. The molecule has 0 radical (unpaired) electrons. The largest absolute Gasteiger partial charge is 0.563 e. The highest BCUT2D eigenvalue weighted by Gasteiger charge is 2.26. The Morgan fingerprint density at radius 2 is 1.62 bits per heavy atom. The van der Waals surface area contributed by atoms with Crippen LogP contribution in [-0.4, -0.2) is 69.1 Å². The number of rotatable bonds is 8. The molecule has 0 atom stereocenters. The maximum Gasteiger partial charge on any atom is 0.410 e. The van der Waals surface area contributed by atoms with Crippen molar-refractivity contribution in [3.63, 3.8) is 0 Å². The molecule has 0 spiro atoms. The maximum absolute atomic E-state index is 12.6. The van der Waals surface area contributed by atoms with Gasteiger partial charge in [0.05, 0.1) is 0 Å². The van der Waals surface area contributed by atoms with Crippen LogP contribution < -0.4 is 0 Å². The second-order valence-corrected chi connectivity index (χ2v) is 14.8. The summed E-state index contributed by atoms with van der Waals surface area (Å²) in [5.41, 5.74) is -0.468. The van der Waals surface area contributed by atoms with Crippen LogP contribution >= 0.6 is 0 Å². The molecule has 0 saturated carbocycles. The summed E-state index contributed by atoms with van der Waals surface area (Å²) in [4.78, 5) is 16.9. The van der Waals surface area contributed by atoms with Gasteiger partial charge in [0, 0.05) is 19.7 Å². The second kappa shape index (κ2) is 9.56. The fraction of sp³-hybridized carbons (Fsp3) is 0.950. The molecule has 1 amide bonds. The van der Waals surface area contributed by atoms with E-state index in [2.05, 4.69) is 38.8 Å². The Balaban J connectivity index is 2.54. The van der Waals surface area contributed by atoms with E-state index in [-0.39, 0.29) is 11.1 Å². The number of likely N-dealkylation sites (tertiary alicyclic amines) is 1. The van der Waals surface area contributed by atoms with E-state index in [0.717, 1.165) is 19.5 Å². The van der Waals surface area contributed by atoms with E-state index >= 15 is 0 Å². The molecule has 1 aliphatic rings. The van der Waals surface area contributed by atoms with Crippen LogP contribution in [0.2, 0.25) is 18.1 Å². The second-order valence-electron chi connectivity index (χ2n) is 9.98. The molecule has 1 aliphatic heterocycles. The zero-order valence-corrected chi connectivity index (χ0v) is 19.5. The molecule has 0 bridgehead atoms. The summed E-state index contributed by atoms with van der Waals surface area (Å²) in [6.45, 7) is 22.3. The zero-order valence-electron chi connectivity index (χ0n) is 18.5. The van der Waals surface area contributed by atoms with Crippen molar-refractivity contribution in [2.75, 3.05) is 39.3 Å². The lowest BCUT2D eigenvalue weighted by Gasteiger charge is -2.48. The van der Waals surface area contributed by atoms with Gasteiger partial charge in [-0.2, -0.15) is 0 Å². The number of nitrogens with zero attached hydrogens (tertiary/aromatic N) is 2. The molecule has 1 heterocycles. The van der Waals surface area contributed by atoms with Crippen molar-refractivity contribution in [1.82, 2.24) is 9.80 Å². The first-order valence-corrected chi connectivity index (χ1v) is 13.1. The Morgan fingerprint density at radius 1 is 1.04 bits per heavy atom. The highest BCUT2D eigenvalue weighted by Crippen LogP contribution is 2.36. The first kappa shape index (κ1) is 23.4. The van der Waals surface area contributed by atoms with Crippen molar-refractivity contribution in [1.29, 1.82) is 0 Å². The average Bonchev–Trinajstić information content (AvgIpc) is 2.95. The van der Waals surface area contributed by atoms with Gasteiger partial charge in [-0.1, -0.05) is 20.8 Å². The van der Waals surface area contributed by atoms with Crippen molar-refractivity contribution >= 4 is 14.4 Å². The Kier molecular flexibility index (Phi) is 8.62. The van der Waals surface area contributed by atoms with Crippen LogP contribution in [0.4, 0.5) is 4.79 Å². The number of hydrogen-bond donors (Lipinski definition) is 0. The number of hydrogen-bond acceptors (Lipinski definition) is 4. The summed E-state index contributed by atoms with van der Waals surface area (Å²) >= 11 is 0. The number of carbonyl (C=O) groups excluding carboxylic acids is 1. The minimum Gasteiger partial charge on any atom is -0.563 e. The van der Waals surface area contributed by atoms with Gasteiger partial charge >= 0.3 is 6.09 Å². The van der Waals surface area contributed by atoms with Gasteiger partial charge in [-0.15, -0.1) is 18.1 Å². The van der Waals surface area contributed by atoms with Gasteiger partial charge in [0.2, 0.25) is 0 Å². The first-order valence-electron chi connectivity index (χ1n) is 10.2. The molecule has 5 nitrogen and oxygen atoms in total. The Hall–Kier alpha value is -0.593. The van der Waals surface area contributed by atoms with Crippen molar-refractivity contribution in [3.8, 4) is 0 Å². The lowest BCUT2D eigenvalue weighted by Crippen LogP contribution is -2.45. The summed E-state index contributed by atoms with van der Waals surface area (Å²) in [5, 5.41) is 0.180. The van der Waals surface area contributed by atoms with Crippen LogP contribution in [0.25, 0.3) is 0 Å². The van der Waals surface area contributed by atoms with Crippen LogP contribution in [0.3, 0.4) is 0 Å². The van der Waals surface area contributed by atoms with Gasteiger partial charge in [0.25, 0.3) is 0 Å². The van der Waals surface area contributed by atoms with Gasteiger partial charge in [-0.05, 0) is 68.0 Å². The normalized spacial score (nSPS) is 16.8. The SMILES string of the molecule is CC(C)(C)OC(=O)N(CCCN1CCCC1)CCO[Si-](C)(C)C(C)(C)C. The van der Waals surface area contributed by atoms with E-state index in [9.17, 15) is 4.79 Å². The summed E-state index contributed by atoms with van der Waals surface area (Å²) in [6.07, 6.45) is 3.36. The summed E-state index contributed by atoms with van der Waals surface area (Å²) < 4.78 is 11.9. The van der Waals surface area contributed by atoms with E-state index in [1.165, 1.54) is 25.9 Å². The smallest absolute Gasteiger partial charge is 0.410 e. The molecule has 0 aromatic heterocycles. The van der Waals surface area contributed by atoms with Crippen LogP contribution in [-0.2, 0) is 9.16 Å². The van der Waals surface area contributed by atoms with Gasteiger partial charge < -0.3 is 19.0 Å². The third-order valence-electron chi connectivity index (χ3n) is 5.38. The molecule has 26 heavy (non-hydrogen) atoms. The molecule has 0 N–H and O–H groups in total. The molecule has 0 aromatic rings. The third-order valence-corrected chi connectivity index (χ3v) is 9.92. The molecular weight excluding hydrogens is 344 g/mol. The van der Waals surface area contributed by atoms with E-state index in [4.69, 9.17) is 9.16 Å². The minimum atomic E-state index is -1.79. The van der Waals surface area contributed by atoms with Crippen LogP contribution in [0.5, 0.6) is 0 Å². The zero-order chi connectivity index (χ0) is 20.0. The monoisotopic (exact) mass is 386 g/mol. The van der Waals surface area contributed by atoms with Crippen LogP contribution in [0, 0.1) is 0 Å². The van der Waals surface area contributed by atoms with Crippen molar-refractivity contribution in [2.45, 2.75) is 84.5 Å². The molecule has 1 rings (SSSR count). The molecule has 1 saturated heterocycles. The maximum atomic E-state index is 12.6. The van der Waals surface area contributed by atoms with Gasteiger partial charge in [0.1, 0.15) is 5.60 Å². The quantitative estimate of drug-likeness (QED) is 0.566. The highest BCUT2D eigenvalue weighted by molar-refractivity contribution is 6.74. The van der Waals surface area contributed by atoms with Gasteiger partial charge in [-0.3, -0.25) is 0 Å². The Bertz CT molecular complexity index is 435. The average molecular weight is 387 g/mol. The Morgan fingerprint density at radius 3 is 2.12 bits per heavy atom. The minimum absolute atomic E-state index is 0.180. The van der Waals surface area contributed by atoms with Crippen molar-refractivity contribution in [3.05, 3.63) is 0 Å². The molecule has 6 heteroatoms. The number of ether oxygens (including phenoxy) is 1. The molecule has 0 aromatic carbocycles. The van der Waals surface area contributed by atoms with Crippen molar-refractivity contribution in [2.24, 2.45) is 0 Å². The summed E-state index contributed by atoms with van der Waals surface area (Å²) in [5.74, 6) is 0. The predicted molar refractivity (Wildman–Crippen MR) is 111 cm³/mol. The molecule has 0 unspecified atom stereocenters. The van der Waals surface area contributed by atoms with Gasteiger partial charge in [0.15, 0.2) is 0 Å².